The maximum atomic E-state index is 11.4. The summed E-state index contributed by atoms with van der Waals surface area (Å²) >= 11 is 5.61. The highest BCUT2D eigenvalue weighted by Crippen LogP contribution is 2.06. The standard InChI is InChI=1S/C8H12N2OS2/c1-6(12)8(11)10(2)3-7-4-13-5-9-7/h4-6,12H,3H2,1-2H3. The normalized spacial score (nSPS) is 12.5. The van der Waals surface area contributed by atoms with Crippen LogP contribution in [0.1, 0.15) is 12.6 Å². The van der Waals surface area contributed by atoms with E-state index in [4.69, 9.17) is 0 Å². The van der Waals surface area contributed by atoms with E-state index in [-0.39, 0.29) is 11.2 Å². The van der Waals surface area contributed by atoms with Crippen molar-refractivity contribution < 1.29 is 4.79 Å². The number of carbonyl (C=O) groups is 1. The Kier molecular flexibility index (Phi) is 3.74. The first-order valence-corrected chi connectivity index (χ1v) is 5.37. The zero-order valence-electron chi connectivity index (χ0n) is 7.60. The van der Waals surface area contributed by atoms with Crippen LogP contribution in [0.3, 0.4) is 0 Å². The van der Waals surface area contributed by atoms with E-state index in [0.717, 1.165) is 5.69 Å². The van der Waals surface area contributed by atoms with E-state index in [9.17, 15) is 4.79 Å². The molecule has 72 valence electrons. The highest BCUT2D eigenvalue weighted by Gasteiger charge is 2.13. The van der Waals surface area contributed by atoms with Crippen LogP contribution in [0.25, 0.3) is 0 Å². The molecule has 0 bridgehead atoms. The van der Waals surface area contributed by atoms with E-state index < -0.39 is 0 Å². The second-order valence-corrected chi connectivity index (χ2v) is 4.34. The Hall–Kier alpha value is -0.550. The lowest BCUT2D eigenvalue weighted by Gasteiger charge is -2.17. The van der Waals surface area contributed by atoms with Crippen LogP contribution >= 0.6 is 24.0 Å². The number of carbonyl (C=O) groups excluding carboxylic acids is 1. The molecule has 0 radical (unpaired) electrons. The van der Waals surface area contributed by atoms with Gasteiger partial charge >= 0.3 is 0 Å². The third kappa shape index (κ3) is 3.00. The maximum absolute atomic E-state index is 11.4. The van der Waals surface area contributed by atoms with Crippen molar-refractivity contribution in [2.75, 3.05) is 7.05 Å². The monoisotopic (exact) mass is 216 g/mol. The minimum atomic E-state index is -0.247. The van der Waals surface area contributed by atoms with Gasteiger partial charge in [-0.3, -0.25) is 4.79 Å². The predicted octanol–water partition coefficient (Wildman–Crippen LogP) is 1.42. The molecule has 1 unspecified atom stereocenters. The second kappa shape index (κ2) is 4.62. The molecule has 0 N–H and O–H groups in total. The molecule has 0 aliphatic rings. The number of thiol groups is 1. The van der Waals surface area contributed by atoms with Crippen LogP contribution in [0.5, 0.6) is 0 Å². The molecule has 0 saturated carbocycles. The zero-order chi connectivity index (χ0) is 9.84. The van der Waals surface area contributed by atoms with E-state index >= 15 is 0 Å². The molecule has 3 nitrogen and oxygen atoms in total. The van der Waals surface area contributed by atoms with Gasteiger partial charge in [-0.25, -0.2) is 4.98 Å². The zero-order valence-corrected chi connectivity index (χ0v) is 9.31. The van der Waals surface area contributed by atoms with Gasteiger partial charge < -0.3 is 4.90 Å². The van der Waals surface area contributed by atoms with Crippen LogP contribution in [0.15, 0.2) is 10.9 Å². The summed E-state index contributed by atoms with van der Waals surface area (Å²) in [5.74, 6) is 0.0244. The molecule has 0 aliphatic heterocycles. The molecular weight excluding hydrogens is 204 g/mol. The lowest BCUT2D eigenvalue weighted by atomic mass is 10.3. The van der Waals surface area contributed by atoms with Gasteiger partial charge in [0.25, 0.3) is 0 Å². The topological polar surface area (TPSA) is 33.2 Å². The highest BCUT2D eigenvalue weighted by atomic mass is 32.1. The van der Waals surface area contributed by atoms with Crippen molar-refractivity contribution in [1.29, 1.82) is 0 Å². The van der Waals surface area contributed by atoms with E-state index in [0.29, 0.717) is 6.54 Å². The van der Waals surface area contributed by atoms with Crippen LogP contribution in [0.2, 0.25) is 0 Å². The van der Waals surface area contributed by atoms with Gasteiger partial charge in [0, 0.05) is 12.4 Å². The number of hydrogen-bond donors (Lipinski definition) is 1. The predicted molar refractivity (Wildman–Crippen MR) is 57.0 cm³/mol. The highest BCUT2D eigenvalue weighted by molar-refractivity contribution is 7.81. The lowest BCUT2D eigenvalue weighted by Crippen LogP contribution is -2.31. The van der Waals surface area contributed by atoms with Crippen LogP contribution in [-0.4, -0.2) is 28.1 Å². The molecule has 0 aliphatic carbocycles. The summed E-state index contributed by atoms with van der Waals surface area (Å²) in [5.41, 5.74) is 2.69. The number of rotatable bonds is 3. The first kappa shape index (κ1) is 10.5. The Morgan fingerprint density at radius 3 is 3.00 bits per heavy atom. The molecule has 1 atom stereocenters. The van der Waals surface area contributed by atoms with Crippen LogP contribution in [-0.2, 0) is 11.3 Å². The Morgan fingerprint density at radius 2 is 2.54 bits per heavy atom. The maximum Gasteiger partial charge on any atom is 0.235 e. The largest absolute Gasteiger partial charge is 0.339 e. The number of nitrogens with zero attached hydrogens (tertiary/aromatic N) is 2. The Balaban J connectivity index is 2.51. The van der Waals surface area contributed by atoms with Crippen LogP contribution in [0, 0.1) is 0 Å². The van der Waals surface area contributed by atoms with Gasteiger partial charge in [-0.05, 0) is 6.92 Å². The molecule has 0 saturated heterocycles. The van der Waals surface area contributed by atoms with Crippen LogP contribution in [0.4, 0.5) is 0 Å². The van der Waals surface area contributed by atoms with Crippen molar-refractivity contribution >= 4 is 29.9 Å². The molecule has 1 amide bonds. The van der Waals surface area contributed by atoms with E-state index in [2.05, 4.69) is 17.6 Å². The molecule has 1 heterocycles. The van der Waals surface area contributed by atoms with Gasteiger partial charge in [0.1, 0.15) is 0 Å². The van der Waals surface area contributed by atoms with Crippen molar-refractivity contribution in [3.63, 3.8) is 0 Å². The Morgan fingerprint density at radius 1 is 1.85 bits per heavy atom. The SMILES string of the molecule is CC(S)C(=O)N(C)Cc1cscn1. The Labute approximate surface area is 87.2 Å². The first-order valence-electron chi connectivity index (χ1n) is 3.91. The number of hydrogen-bond acceptors (Lipinski definition) is 4. The molecule has 0 fully saturated rings. The first-order chi connectivity index (χ1) is 6.11. The van der Waals surface area contributed by atoms with E-state index in [1.807, 2.05) is 5.38 Å². The van der Waals surface area contributed by atoms with Gasteiger partial charge in [-0.15, -0.1) is 11.3 Å². The van der Waals surface area contributed by atoms with Crippen molar-refractivity contribution in [3.05, 3.63) is 16.6 Å². The van der Waals surface area contributed by atoms with Gasteiger partial charge in [0.15, 0.2) is 0 Å². The molecule has 0 spiro atoms. The summed E-state index contributed by atoms with van der Waals surface area (Å²) in [6.45, 7) is 2.33. The summed E-state index contributed by atoms with van der Waals surface area (Å²) in [6, 6.07) is 0. The van der Waals surface area contributed by atoms with Crippen molar-refractivity contribution in [2.24, 2.45) is 0 Å². The molecule has 1 rings (SSSR count). The number of thiazole rings is 1. The van der Waals surface area contributed by atoms with E-state index in [1.165, 1.54) is 11.3 Å². The molecule has 13 heavy (non-hydrogen) atoms. The lowest BCUT2D eigenvalue weighted by molar-refractivity contribution is -0.129. The van der Waals surface area contributed by atoms with Crippen molar-refractivity contribution in [3.8, 4) is 0 Å². The van der Waals surface area contributed by atoms with Gasteiger partial charge in [-0.2, -0.15) is 12.6 Å². The molecule has 0 aromatic carbocycles. The third-order valence-corrected chi connectivity index (χ3v) is 2.47. The third-order valence-electron chi connectivity index (χ3n) is 1.62. The Bertz CT molecular complexity index is 272. The van der Waals surface area contributed by atoms with Crippen molar-refractivity contribution in [2.45, 2.75) is 18.7 Å². The minimum Gasteiger partial charge on any atom is -0.339 e. The van der Waals surface area contributed by atoms with E-state index in [1.54, 1.807) is 24.4 Å². The second-order valence-electron chi connectivity index (χ2n) is 2.85. The van der Waals surface area contributed by atoms with Crippen LogP contribution < -0.4 is 0 Å². The average molecular weight is 216 g/mol. The number of amides is 1. The summed E-state index contributed by atoms with van der Waals surface area (Å²) in [7, 11) is 1.76. The number of aromatic nitrogens is 1. The fourth-order valence-corrected chi connectivity index (χ4v) is 1.70. The minimum absolute atomic E-state index is 0.0244. The van der Waals surface area contributed by atoms with Gasteiger partial charge in [0.2, 0.25) is 5.91 Å². The van der Waals surface area contributed by atoms with Crippen molar-refractivity contribution in [1.82, 2.24) is 9.88 Å². The van der Waals surface area contributed by atoms with Gasteiger partial charge in [0.05, 0.1) is 23.0 Å². The molecule has 5 heteroatoms. The fourth-order valence-electron chi connectivity index (χ4n) is 0.955. The fraction of sp³-hybridized carbons (Fsp3) is 0.500. The summed E-state index contributed by atoms with van der Waals surface area (Å²) in [6.07, 6.45) is 0. The molecule has 1 aromatic rings. The molecule has 1 aromatic heterocycles. The summed E-state index contributed by atoms with van der Waals surface area (Å²) in [5, 5.41) is 1.69. The van der Waals surface area contributed by atoms with Gasteiger partial charge in [-0.1, -0.05) is 0 Å². The molecular formula is C8H12N2OS2. The smallest absolute Gasteiger partial charge is 0.235 e. The summed E-state index contributed by atoms with van der Waals surface area (Å²) in [4.78, 5) is 17.1. The quantitative estimate of drug-likeness (QED) is 0.775. The average Bonchev–Trinajstić information content (AvgIpc) is 2.55. The summed E-state index contributed by atoms with van der Waals surface area (Å²) < 4.78 is 0.